The molecular formula is C41H43ClN3O8P. The van der Waals surface area contributed by atoms with Crippen LogP contribution in [0.2, 0.25) is 5.02 Å². The molecule has 282 valence electrons. The summed E-state index contributed by atoms with van der Waals surface area (Å²) in [6, 6.07) is 32.9. The van der Waals surface area contributed by atoms with Gasteiger partial charge in [-0.1, -0.05) is 66.2 Å². The number of hydrogen-bond acceptors (Lipinski definition) is 9. The van der Waals surface area contributed by atoms with Crippen LogP contribution in [0.3, 0.4) is 0 Å². The highest BCUT2D eigenvalue weighted by Crippen LogP contribution is 2.50. The maximum atomic E-state index is 13.2. The van der Waals surface area contributed by atoms with Crippen LogP contribution >= 0.6 is 20.1 Å². The summed E-state index contributed by atoms with van der Waals surface area (Å²) in [7, 11) is 1.68. The first-order valence-electron chi connectivity index (χ1n) is 17.9. The lowest BCUT2D eigenvalue weighted by atomic mass is 9.80. The second kappa shape index (κ2) is 16.9. The molecule has 4 aromatic carbocycles. The fourth-order valence-corrected chi connectivity index (χ4v) is 8.71. The van der Waals surface area contributed by atoms with E-state index in [0.717, 1.165) is 42.6 Å². The molecule has 0 amide bonds. The summed E-state index contributed by atoms with van der Waals surface area (Å²) < 4.78 is 42.1. The number of ether oxygens (including phenoxy) is 4. The number of H-pyrrole nitrogens is 1. The van der Waals surface area contributed by atoms with E-state index < -0.39 is 43.8 Å². The number of methoxy groups -OCH3 is 2. The molecule has 0 spiro atoms. The van der Waals surface area contributed by atoms with Crippen LogP contribution in [0.15, 0.2) is 119 Å². The van der Waals surface area contributed by atoms with Gasteiger partial charge in [-0.15, -0.1) is 0 Å². The fourth-order valence-electron chi connectivity index (χ4n) is 6.92. The minimum absolute atomic E-state index is 0.0648. The third-order valence-electron chi connectivity index (χ3n) is 9.81. The zero-order valence-corrected chi connectivity index (χ0v) is 32.0. The number of nitrogens with zero attached hydrogens (tertiary/aromatic N) is 2. The van der Waals surface area contributed by atoms with E-state index in [1.807, 2.05) is 91.0 Å². The smallest absolute Gasteiger partial charge is 0.330 e. The first kappa shape index (κ1) is 37.8. The molecule has 7 rings (SSSR count). The Morgan fingerprint density at radius 3 is 1.98 bits per heavy atom. The number of benzene rings is 4. The van der Waals surface area contributed by atoms with Crippen LogP contribution in [0.1, 0.15) is 47.7 Å². The summed E-state index contributed by atoms with van der Waals surface area (Å²) in [6.45, 7) is 3.36. The van der Waals surface area contributed by atoms with Gasteiger partial charge in [0.15, 0.2) is 0 Å². The maximum absolute atomic E-state index is 13.2. The van der Waals surface area contributed by atoms with Gasteiger partial charge in [-0.3, -0.25) is 14.3 Å². The predicted octanol–water partition coefficient (Wildman–Crippen LogP) is 7.60. The second-order valence-corrected chi connectivity index (χ2v) is 15.1. The van der Waals surface area contributed by atoms with Crippen LogP contribution in [0.25, 0.3) is 0 Å². The van der Waals surface area contributed by atoms with E-state index >= 15 is 0 Å². The highest BCUT2D eigenvalue weighted by molar-refractivity contribution is 7.45. The molecule has 1 N–H and O–H groups in total. The van der Waals surface area contributed by atoms with Crippen molar-refractivity contribution in [3.63, 3.8) is 0 Å². The van der Waals surface area contributed by atoms with Crippen molar-refractivity contribution in [2.45, 2.75) is 50.2 Å². The zero-order chi connectivity index (χ0) is 37.7. The highest BCUT2D eigenvalue weighted by atomic mass is 35.5. The minimum atomic E-state index is -1.59. The Bertz CT molecular complexity index is 2060. The van der Waals surface area contributed by atoms with Crippen molar-refractivity contribution >= 4 is 20.1 Å². The Morgan fingerprint density at radius 2 is 1.39 bits per heavy atom. The molecule has 2 aliphatic rings. The van der Waals surface area contributed by atoms with Crippen molar-refractivity contribution in [1.29, 1.82) is 0 Å². The molecule has 2 aliphatic heterocycles. The molecule has 2 saturated heterocycles. The van der Waals surface area contributed by atoms with Crippen LogP contribution < -0.4 is 25.2 Å². The van der Waals surface area contributed by atoms with Crippen molar-refractivity contribution < 1.29 is 28.0 Å². The number of nitrogens with one attached hydrogen (secondary N) is 1. The molecule has 0 radical (unpaired) electrons. The van der Waals surface area contributed by atoms with E-state index in [4.69, 9.17) is 39.6 Å². The van der Waals surface area contributed by atoms with E-state index in [9.17, 15) is 9.59 Å². The largest absolute Gasteiger partial charge is 0.497 e. The Balaban J connectivity index is 1.28. The second-order valence-electron chi connectivity index (χ2n) is 13.2. The van der Waals surface area contributed by atoms with Crippen molar-refractivity contribution in [2.75, 3.05) is 33.9 Å². The van der Waals surface area contributed by atoms with Crippen molar-refractivity contribution in [3.8, 4) is 17.2 Å². The van der Waals surface area contributed by atoms with Crippen LogP contribution in [0.4, 0.5) is 0 Å². The molecule has 1 aromatic heterocycles. The highest BCUT2D eigenvalue weighted by Gasteiger charge is 2.45. The molecule has 0 bridgehead atoms. The Hall–Kier alpha value is -4.48. The monoisotopic (exact) mass is 771 g/mol. The van der Waals surface area contributed by atoms with E-state index in [1.54, 1.807) is 33.3 Å². The van der Waals surface area contributed by atoms with Crippen molar-refractivity contribution in [3.05, 3.63) is 157 Å². The van der Waals surface area contributed by atoms with Crippen LogP contribution in [0, 0.1) is 6.92 Å². The molecule has 1 unspecified atom stereocenters. The third-order valence-corrected chi connectivity index (χ3v) is 11.7. The first-order chi connectivity index (χ1) is 26.3. The van der Waals surface area contributed by atoms with Gasteiger partial charge in [0.2, 0.25) is 0 Å². The molecule has 2 fully saturated rings. The number of rotatable bonds is 14. The van der Waals surface area contributed by atoms with Crippen LogP contribution in [-0.2, 0) is 19.6 Å². The van der Waals surface area contributed by atoms with Gasteiger partial charge in [0.05, 0.1) is 26.9 Å². The molecule has 0 aliphatic carbocycles. The Morgan fingerprint density at radius 1 is 0.815 bits per heavy atom. The summed E-state index contributed by atoms with van der Waals surface area (Å²) in [5, 5.41) is 0.607. The lowest BCUT2D eigenvalue weighted by Crippen LogP contribution is -2.39. The average Bonchev–Trinajstić information content (AvgIpc) is 3.89. The normalized spacial score (nSPS) is 19.4. The molecular weight excluding hydrogens is 729 g/mol. The molecule has 54 heavy (non-hydrogen) atoms. The molecule has 13 heteroatoms. The summed E-state index contributed by atoms with van der Waals surface area (Å²) in [6.07, 6.45) is 1.92. The van der Waals surface area contributed by atoms with Gasteiger partial charge in [0.1, 0.15) is 35.2 Å². The summed E-state index contributed by atoms with van der Waals surface area (Å²) >= 11 is 6.19. The average molecular weight is 772 g/mol. The predicted molar refractivity (Wildman–Crippen MR) is 208 cm³/mol. The van der Waals surface area contributed by atoms with Crippen LogP contribution in [-0.4, -0.2) is 60.3 Å². The van der Waals surface area contributed by atoms with Gasteiger partial charge < -0.3 is 28.0 Å². The minimum Gasteiger partial charge on any atom is -0.497 e. The van der Waals surface area contributed by atoms with Crippen LogP contribution in [0.5, 0.6) is 17.2 Å². The van der Waals surface area contributed by atoms with Gasteiger partial charge in [-0.05, 0) is 85.0 Å². The number of aromatic nitrogens is 2. The Labute approximate surface area is 320 Å². The summed E-state index contributed by atoms with van der Waals surface area (Å²) in [4.78, 5) is 27.9. The summed E-state index contributed by atoms with van der Waals surface area (Å²) in [5.41, 5.74) is 0.895. The van der Waals surface area contributed by atoms with Gasteiger partial charge in [-0.2, -0.15) is 0 Å². The third kappa shape index (κ3) is 8.12. The molecule has 5 aromatic rings. The number of aryl methyl sites for hydroxylation is 1. The van der Waals surface area contributed by atoms with Gasteiger partial charge in [0, 0.05) is 36.3 Å². The quantitative estimate of drug-likeness (QED) is 0.0901. The standard InChI is InChI=1S/C41H43ClN3O8P/c1-28-26-45(40(47)43-39(28)46)38-25-36(53-54(44-23-7-8-24-44)52-35-21-15-32(42)16-22-35)37(51-38)27-50-41(29-9-5-4-6-10-29,30-11-17-33(48-2)18-12-30)31-13-19-34(49-3)20-14-31/h4-6,9-22,26,36-38H,7-8,23-25,27H2,1-3H3,(H,43,46,47)/t36-,37+,38+,54?/m0/s1. The lowest BCUT2D eigenvalue weighted by molar-refractivity contribution is -0.0919. The van der Waals surface area contributed by atoms with Gasteiger partial charge in [-0.25, -0.2) is 9.46 Å². The topological polar surface area (TPSA) is 113 Å². The van der Waals surface area contributed by atoms with E-state index in [-0.39, 0.29) is 6.61 Å². The SMILES string of the molecule is COc1ccc(C(OC[C@H]2O[C@@H](n3cc(C)c(=O)[nH]c3=O)C[C@@H]2OP(Oc2ccc(Cl)cc2)N2CCCC2)(c2ccccc2)c2ccc(OC)cc2)cc1. The number of halogens is 1. The van der Waals surface area contributed by atoms with Gasteiger partial charge >= 0.3 is 14.2 Å². The van der Waals surface area contributed by atoms with Crippen molar-refractivity contribution in [1.82, 2.24) is 14.2 Å². The number of hydrogen-bond donors (Lipinski definition) is 1. The molecule has 3 heterocycles. The van der Waals surface area contributed by atoms with Gasteiger partial charge in [0.25, 0.3) is 5.56 Å². The molecule has 11 nitrogen and oxygen atoms in total. The van der Waals surface area contributed by atoms with E-state index in [1.165, 1.54) is 10.8 Å². The summed E-state index contributed by atoms with van der Waals surface area (Å²) in [5.74, 6) is 2.06. The number of aromatic amines is 1. The Kier molecular flexibility index (Phi) is 11.8. The molecule has 0 saturated carbocycles. The van der Waals surface area contributed by atoms with E-state index in [2.05, 4.69) is 9.65 Å². The lowest BCUT2D eigenvalue weighted by Gasteiger charge is -2.37. The van der Waals surface area contributed by atoms with Crippen molar-refractivity contribution in [2.24, 2.45) is 0 Å². The fraction of sp³-hybridized carbons (Fsp3) is 0.317. The first-order valence-corrected chi connectivity index (χ1v) is 19.4. The van der Waals surface area contributed by atoms with E-state index in [0.29, 0.717) is 34.3 Å². The zero-order valence-electron chi connectivity index (χ0n) is 30.4. The molecule has 4 atom stereocenters. The maximum Gasteiger partial charge on any atom is 0.330 e.